The lowest BCUT2D eigenvalue weighted by Gasteiger charge is -2.21. The van der Waals surface area contributed by atoms with Crippen LogP contribution in [-0.4, -0.2) is 53.1 Å². The summed E-state index contributed by atoms with van der Waals surface area (Å²) in [5, 5.41) is 10.7. The van der Waals surface area contributed by atoms with E-state index < -0.39 is 11.6 Å². The minimum atomic E-state index is -0.606. The van der Waals surface area contributed by atoms with Gasteiger partial charge in [0.25, 0.3) is 0 Å². The summed E-state index contributed by atoms with van der Waals surface area (Å²) in [5.74, 6) is -0.740. The zero-order valence-electron chi connectivity index (χ0n) is 19.1. The number of thiophene rings is 1. The quantitative estimate of drug-likeness (QED) is 0.460. The molecule has 1 fully saturated rings. The second kappa shape index (κ2) is 8.05. The van der Waals surface area contributed by atoms with Crippen LogP contribution in [0.15, 0.2) is 12.4 Å². The van der Waals surface area contributed by atoms with Gasteiger partial charge in [0.15, 0.2) is 11.6 Å². The monoisotopic (exact) mass is 493 g/mol. The standard InChI is InChI=1S/C24H21F2N7OS/c1-32(2)11-3-4-33(8-11)24-30-6-13-14-9-34-10-15(14)17(19(26)20(13)31-24)21-18-12(5-27)23(28)35-22(18)16(25)7-29-21/h6-7,11H,3-4,8-10,28H2,1-2H3/t11-/m0/s1. The molecule has 0 bridgehead atoms. The van der Waals surface area contributed by atoms with Crippen LogP contribution < -0.4 is 10.6 Å². The molecule has 0 unspecified atom stereocenters. The molecule has 0 amide bonds. The lowest BCUT2D eigenvalue weighted by Crippen LogP contribution is -2.32. The van der Waals surface area contributed by atoms with Crippen molar-refractivity contribution in [2.24, 2.45) is 0 Å². The number of likely N-dealkylation sites (N-methyl/N-ethyl adjacent to an activating group) is 1. The molecular formula is C24H21F2N7OS. The molecule has 1 saturated heterocycles. The SMILES string of the molecule is CN(C)[C@H]1CCN(c2ncc3c4c(c(-c5ncc(F)c6sc(N)c(C#N)c56)c(F)c3n2)COC4)C1. The zero-order chi connectivity index (χ0) is 24.4. The van der Waals surface area contributed by atoms with Gasteiger partial charge in [0.2, 0.25) is 5.95 Å². The van der Waals surface area contributed by atoms with Crippen molar-refractivity contribution in [2.45, 2.75) is 25.7 Å². The Balaban J connectivity index is 1.60. The number of rotatable bonds is 3. The average Bonchev–Trinajstić information content (AvgIpc) is 3.59. The summed E-state index contributed by atoms with van der Waals surface area (Å²) in [7, 11) is 4.07. The molecule has 3 aromatic heterocycles. The highest BCUT2D eigenvalue weighted by atomic mass is 32.1. The largest absolute Gasteiger partial charge is 0.389 e. The summed E-state index contributed by atoms with van der Waals surface area (Å²) in [5.41, 5.74) is 7.96. The minimum Gasteiger partial charge on any atom is -0.389 e. The fourth-order valence-electron chi connectivity index (χ4n) is 5.04. The van der Waals surface area contributed by atoms with Gasteiger partial charge < -0.3 is 20.3 Å². The lowest BCUT2D eigenvalue weighted by molar-refractivity contribution is 0.135. The molecule has 0 aliphatic carbocycles. The number of nitrogens with two attached hydrogens (primary N) is 1. The van der Waals surface area contributed by atoms with Crippen molar-refractivity contribution in [1.29, 1.82) is 5.26 Å². The van der Waals surface area contributed by atoms with E-state index in [4.69, 9.17) is 10.5 Å². The average molecular weight is 494 g/mol. The first kappa shape index (κ1) is 22.0. The Morgan fingerprint density at radius 2 is 2.03 bits per heavy atom. The number of aromatic nitrogens is 3. The van der Waals surface area contributed by atoms with E-state index in [1.807, 2.05) is 20.2 Å². The summed E-state index contributed by atoms with van der Waals surface area (Å²) in [6.07, 6.45) is 3.66. The van der Waals surface area contributed by atoms with Gasteiger partial charge >= 0.3 is 0 Å². The molecule has 6 rings (SSSR count). The summed E-state index contributed by atoms with van der Waals surface area (Å²) in [6.45, 7) is 1.96. The Morgan fingerprint density at radius 3 is 2.77 bits per heavy atom. The summed E-state index contributed by atoms with van der Waals surface area (Å²) >= 11 is 0.954. The molecule has 8 nitrogen and oxygen atoms in total. The smallest absolute Gasteiger partial charge is 0.226 e. The van der Waals surface area contributed by atoms with Gasteiger partial charge in [-0.25, -0.2) is 18.7 Å². The molecular weight excluding hydrogens is 472 g/mol. The highest BCUT2D eigenvalue weighted by Gasteiger charge is 2.31. The maximum absolute atomic E-state index is 16.3. The number of pyridine rings is 1. The van der Waals surface area contributed by atoms with Gasteiger partial charge in [-0.3, -0.25) is 4.98 Å². The Hall–Kier alpha value is -3.46. The Bertz CT molecular complexity index is 1560. The van der Waals surface area contributed by atoms with Gasteiger partial charge in [-0.2, -0.15) is 5.26 Å². The van der Waals surface area contributed by atoms with Gasteiger partial charge in [0, 0.05) is 41.7 Å². The maximum atomic E-state index is 16.3. The first-order chi connectivity index (χ1) is 16.9. The third-order valence-corrected chi connectivity index (χ3v) is 7.94. The first-order valence-electron chi connectivity index (χ1n) is 11.1. The van der Waals surface area contributed by atoms with Gasteiger partial charge in [-0.15, -0.1) is 11.3 Å². The van der Waals surface area contributed by atoms with Gasteiger partial charge in [0.1, 0.15) is 16.6 Å². The topological polar surface area (TPSA) is 104 Å². The van der Waals surface area contributed by atoms with E-state index in [2.05, 4.69) is 24.8 Å². The van der Waals surface area contributed by atoms with Crippen LogP contribution in [0.5, 0.6) is 0 Å². The summed E-state index contributed by atoms with van der Waals surface area (Å²) in [4.78, 5) is 17.6. The minimum absolute atomic E-state index is 0.0920. The van der Waals surface area contributed by atoms with Crippen LogP contribution in [0.1, 0.15) is 23.1 Å². The van der Waals surface area contributed by atoms with E-state index in [1.165, 1.54) is 0 Å². The zero-order valence-corrected chi connectivity index (χ0v) is 19.9. The number of benzene rings is 1. The lowest BCUT2D eigenvalue weighted by atomic mass is 9.94. The van der Waals surface area contributed by atoms with Crippen molar-refractivity contribution in [1.82, 2.24) is 19.9 Å². The van der Waals surface area contributed by atoms with Crippen LogP contribution in [0.3, 0.4) is 0 Å². The second-order valence-corrected chi connectivity index (χ2v) is 10.1. The molecule has 4 aromatic rings. The van der Waals surface area contributed by atoms with Crippen molar-refractivity contribution >= 4 is 43.3 Å². The normalized spacial score (nSPS) is 17.6. The highest BCUT2D eigenvalue weighted by molar-refractivity contribution is 7.23. The molecule has 178 valence electrons. The van der Waals surface area contributed by atoms with E-state index in [0.717, 1.165) is 42.6 Å². The van der Waals surface area contributed by atoms with Crippen LogP contribution in [0.4, 0.5) is 19.7 Å². The number of nitrogens with zero attached hydrogens (tertiary/aromatic N) is 6. The highest BCUT2D eigenvalue weighted by Crippen LogP contribution is 2.45. The fraction of sp³-hybridized carbons (Fsp3) is 0.333. The number of fused-ring (bicyclic) bond motifs is 4. The second-order valence-electron chi connectivity index (χ2n) is 9.04. The van der Waals surface area contributed by atoms with E-state index in [1.54, 1.807) is 6.20 Å². The van der Waals surface area contributed by atoms with Crippen LogP contribution in [-0.2, 0) is 18.0 Å². The van der Waals surface area contributed by atoms with E-state index >= 15 is 4.39 Å². The Labute approximate surface area is 203 Å². The number of anilines is 2. The number of ether oxygens (including phenoxy) is 1. The van der Waals surface area contributed by atoms with Gasteiger partial charge in [0.05, 0.1) is 35.4 Å². The molecule has 35 heavy (non-hydrogen) atoms. The van der Waals surface area contributed by atoms with Crippen LogP contribution >= 0.6 is 11.3 Å². The number of hydrogen-bond donors (Lipinski definition) is 1. The van der Waals surface area contributed by atoms with Crippen LogP contribution in [0.2, 0.25) is 0 Å². The molecule has 2 aliphatic rings. The van der Waals surface area contributed by atoms with Crippen molar-refractivity contribution in [2.75, 3.05) is 37.8 Å². The first-order valence-corrected chi connectivity index (χ1v) is 12.0. The molecule has 0 saturated carbocycles. The van der Waals surface area contributed by atoms with Crippen molar-refractivity contribution in [3.8, 4) is 17.3 Å². The number of hydrogen-bond acceptors (Lipinski definition) is 9. The third-order valence-electron chi connectivity index (χ3n) is 6.91. The summed E-state index contributed by atoms with van der Waals surface area (Å²) in [6, 6.07) is 2.40. The molecule has 0 radical (unpaired) electrons. The molecule has 11 heteroatoms. The van der Waals surface area contributed by atoms with E-state index in [0.29, 0.717) is 22.9 Å². The number of nitrogen functional groups attached to an aromatic ring is 1. The van der Waals surface area contributed by atoms with Crippen LogP contribution in [0.25, 0.3) is 32.2 Å². The van der Waals surface area contributed by atoms with Crippen LogP contribution in [0, 0.1) is 23.0 Å². The number of nitriles is 1. The third kappa shape index (κ3) is 3.25. The van der Waals surface area contributed by atoms with Gasteiger partial charge in [-0.05, 0) is 31.6 Å². The fourth-order valence-corrected chi connectivity index (χ4v) is 5.96. The molecule has 5 heterocycles. The van der Waals surface area contributed by atoms with Crippen molar-refractivity contribution in [3.05, 3.63) is 40.7 Å². The Kier molecular flexibility index (Phi) is 5.07. The van der Waals surface area contributed by atoms with Crippen molar-refractivity contribution < 1.29 is 13.5 Å². The molecule has 1 atom stereocenters. The molecule has 2 aliphatic heterocycles. The Morgan fingerprint density at radius 1 is 1.23 bits per heavy atom. The number of halogens is 2. The predicted molar refractivity (Wildman–Crippen MR) is 130 cm³/mol. The molecule has 1 aromatic carbocycles. The van der Waals surface area contributed by atoms with Crippen molar-refractivity contribution in [3.63, 3.8) is 0 Å². The van der Waals surface area contributed by atoms with E-state index in [9.17, 15) is 9.65 Å². The maximum Gasteiger partial charge on any atom is 0.226 e. The molecule has 0 spiro atoms. The summed E-state index contributed by atoms with van der Waals surface area (Å²) < 4.78 is 36.8. The van der Waals surface area contributed by atoms with Gasteiger partial charge in [-0.1, -0.05) is 0 Å². The molecule has 2 N–H and O–H groups in total. The van der Waals surface area contributed by atoms with E-state index in [-0.39, 0.29) is 50.6 Å². The predicted octanol–water partition coefficient (Wildman–Crippen LogP) is 3.81.